The van der Waals surface area contributed by atoms with Gasteiger partial charge >= 0.3 is 12.4 Å². The third kappa shape index (κ3) is 3.87. The standard InChI is InChI=1S/C22H13F6N5O/c1-29-15-4-5-16-14(19(15)22(26,27)28)7-17(11-2-3-11)33(16)10-18-31-20(34-32-18)12-6-13(9-30-8-12)21(23,24)25/h4-9,11H,2-3,10H2. The Balaban J connectivity index is 1.56. The topological polar surface area (TPSA) is 61.1 Å². The number of aromatic nitrogens is 4. The van der Waals surface area contributed by atoms with Crippen molar-refractivity contribution in [2.45, 2.75) is 37.7 Å². The van der Waals surface area contributed by atoms with Crippen molar-refractivity contribution in [3.8, 4) is 11.5 Å². The van der Waals surface area contributed by atoms with Crippen LogP contribution in [0.25, 0.3) is 27.2 Å². The molecule has 0 atom stereocenters. The van der Waals surface area contributed by atoms with Crippen molar-refractivity contribution in [3.63, 3.8) is 0 Å². The minimum absolute atomic E-state index is 0.0330. The quantitative estimate of drug-likeness (QED) is 0.245. The van der Waals surface area contributed by atoms with E-state index in [0.717, 1.165) is 31.2 Å². The van der Waals surface area contributed by atoms with E-state index in [0.29, 0.717) is 11.9 Å². The molecule has 0 N–H and O–H groups in total. The Morgan fingerprint density at radius 3 is 2.47 bits per heavy atom. The highest BCUT2D eigenvalue weighted by Gasteiger charge is 2.38. The molecule has 1 aromatic carbocycles. The van der Waals surface area contributed by atoms with E-state index in [4.69, 9.17) is 11.1 Å². The third-order valence-corrected chi connectivity index (χ3v) is 5.57. The van der Waals surface area contributed by atoms with Crippen LogP contribution in [0.1, 0.15) is 41.4 Å². The molecular formula is C22H13F6N5O. The van der Waals surface area contributed by atoms with Crippen LogP contribution in [0, 0.1) is 6.57 Å². The summed E-state index contributed by atoms with van der Waals surface area (Å²) in [5, 5.41) is 3.72. The van der Waals surface area contributed by atoms with Crippen molar-refractivity contribution >= 4 is 16.6 Å². The maximum absolute atomic E-state index is 13.8. The molecule has 3 aromatic heterocycles. The molecule has 0 spiro atoms. The number of rotatable bonds is 4. The average Bonchev–Trinajstić information content (AvgIpc) is 3.41. The number of alkyl halides is 6. The van der Waals surface area contributed by atoms with E-state index < -0.39 is 29.2 Å². The van der Waals surface area contributed by atoms with Crippen LogP contribution in [0.4, 0.5) is 32.0 Å². The molecule has 0 aliphatic heterocycles. The molecule has 6 nitrogen and oxygen atoms in total. The second-order valence-electron chi connectivity index (χ2n) is 7.91. The van der Waals surface area contributed by atoms with E-state index in [1.165, 1.54) is 12.1 Å². The van der Waals surface area contributed by atoms with E-state index in [2.05, 4.69) is 20.0 Å². The molecule has 0 saturated heterocycles. The van der Waals surface area contributed by atoms with Gasteiger partial charge in [0.05, 0.1) is 29.8 Å². The van der Waals surface area contributed by atoms with Gasteiger partial charge in [-0.15, -0.1) is 0 Å². The van der Waals surface area contributed by atoms with Gasteiger partial charge in [0.2, 0.25) is 0 Å². The van der Waals surface area contributed by atoms with E-state index in [-0.39, 0.29) is 40.6 Å². The summed E-state index contributed by atoms with van der Waals surface area (Å²) < 4.78 is 87.0. The number of pyridine rings is 1. The van der Waals surface area contributed by atoms with Gasteiger partial charge in [-0.3, -0.25) is 4.98 Å². The molecule has 3 heterocycles. The Hall–Kier alpha value is -3.88. The van der Waals surface area contributed by atoms with Gasteiger partial charge in [0.1, 0.15) is 0 Å². The minimum atomic E-state index is -4.72. The summed E-state index contributed by atoms with van der Waals surface area (Å²) >= 11 is 0. The van der Waals surface area contributed by atoms with Gasteiger partial charge in [0, 0.05) is 29.0 Å². The van der Waals surface area contributed by atoms with Crippen molar-refractivity contribution in [2.24, 2.45) is 0 Å². The zero-order valence-corrected chi connectivity index (χ0v) is 17.1. The van der Waals surface area contributed by atoms with Crippen LogP contribution in [0.2, 0.25) is 0 Å². The fraction of sp³-hybridized carbons (Fsp3) is 0.273. The van der Waals surface area contributed by atoms with Gasteiger partial charge in [-0.25, -0.2) is 4.85 Å². The molecule has 1 fully saturated rings. The van der Waals surface area contributed by atoms with Crippen LogP contribution in [-0.4, -0.2) is 19.7 Å². The summed E-state index contributed by atoms with van der Waals surface area (Å²) in [5.41, 5.74) is -1.59. The zero-order valence-electron chi connectivity index (χ0n) is 17.1. The maximum atomic E-state index is 13.8. The average molecular weight is 477 g/mol. The van der Waals surface area contributed by atoms with Crippen molar-refractivity contribution in [2.75, 3.05) is 0 Å². The number of hydrogen-bond donors (Lipinski definition) is 0. The van der Waals surface area contributed by atoms with E-state index in [9.17, 15) is 26.3 Å². The molecule has 0 bridgehead atoms. The lowest BCUT2D eigenvalue weighted by molar-refractivity contribution is -0.138. The van der Waals surface area contributed by atoms with Crippen molar-refractivity contribution in [3.05, 3.63) is 70.7 Å². The third-order valence-electron chi connectivity index (χ3n) is 5.57. The smallest absolute Gasteiger partial charge is 0.337 e. The number of hydrogen-bond acceptors (Lipinski definition) is 4. The van der Waals surface area contributed by atoms with Gasteiger partial charge in [-0.2, -0.15) is 31.3 Å². The summed E-state index contributed by atoms with van der Waals surface area (Å²) in [6.07, 6.45) is -5.89. The highest BCUT2D eigenvalue weighted by molar-refractivity contribution is 5.90. The van der Waals surface area contributed by atoms with Crippen molar-refractivity contribution in [1.29, 1.82) is 0 Å². The molecule has 1 aliphatic rings. The van der Waals surface area contributed by atoms with E-state index in [1.807, 2.05) is 0 Å². The lowest BCUT2D eigenvalue weighted by atomic mass is 10.1. The highest BCUT2D eigenvalue weighted by Crippen LogP contribution is 2.47. The van der Waals surface area contributed by atoms with E-state index >= 15 is 0 Å². The largest absolute Gasteiger partial charge is 0.417 e. The van der Waals surface area contributed by atoms with Crippen LogP contribution in [0.5, 0.6) is 0 Å². The van der Waals surface area contributed by atoms with Crippen LogP contribution in [0.15, 0.2) is 41.2 Å². The first-order chi connectivity index (χ1) is 16.1. The fourth-order valence-corrected chi connectivity index (χ4v) is 3.92. The lowest BCUT2D eigenvalue weighted by Gasteiger charge is -2.12. The predicted molar refractivity (Wildman–Crippen MR) is 107 cm³/mol. The lowest BCUT2D eigenvalue weighted by Crippen LogP contribution is -2.07. The molecule has 4 aromatic rings. The van der Waals surface area contributed by atoms with Crippen LogP contribution in [-0.2, 0) is 18.9 Å². The van der Waals surface area contributed by atoms with Gasteiger partial charge < -0.3 is 9.09 Å². The molecule has 1 aliphatic carbocycles. The molecule has 0 amide bonds. The molecule has 12 heteroatoms. The van der Waals surface area contributed by atoms with Gasteiger partial charge in [-0.05, 0) is 37.0 Å². The van der Waals surface area contributed by atoms with Crippen LogP contribution < -0.4 is 0 Å². The SMILES string of the molecule is [C-]#[N+]c1ccc2c(cc(C3CC3)n2Cc2noc(-c3cncc(C(F)(F)F)c3)n2)c1C(F)(F)F. The summed E-state index contributed by atoms with van der Waals surface area (Å²) in [4.78, 5) is 10.7. The fourth-order valence-electron chi connectivity index (χ4n) is 3.92. The van der Waals surface area contributed by atoms with Crippen LogP contribution in [0.3, 0.4) is 0 Å². The first kappa shape index (κ1) is 21.9. The van der Waals surface area contributed by atoms with Gasteiger partial charge in [0.15, 0.2) is 11.5 Å². The number of halogens is 6. The summed E-state index contributed by atoms with van der Waals surface area (Å²) in [6.45, 7) is 7.07. The Bertz CT molecular complexity index is 1440. The maximum Gasteiger partial charge on any atom is 0.417 e. The zero-order chi connectivity index (χ0) is 24.3. The van der Waals surface area contributed by atoms with Gasteiger partial charge in [-0.1, -0.05) is 11.2 Å². The second-order valence-corrected chi connectivity index (χ2v) is 7.91. The Morgan fingerprint density at radius 2 is 1.82 bits per heavy atom. The monoisotopic (exact) mass is 477 g/mol. The Labute approximate surface area is 187 Å². The molecule has 1 saturated carbocycles. The number of nitrogens with zero attached hydrogens (tertiary/aromatic N) is 5. The predicted octanol–water partition coefficient (Wildman–Crippen LogP) is 6.60. The van der Waals surface area contributed by atoms with Crippen molar-refractivity contribution in [1.82, 2.24) is 19.7 Å². The molecule has 34 heavy (non-hydrogen) atoms. The Kier molecular flexibility index (Phi) is 4.89. The molecular weight excluding hydrogens is 464 g/mol. The van der Waals surface area contributed by atoms with Crippen molar-refractivity contribution < 1.29 is 30.9 Å². The number of benzene rings is 1. The van der Waals surface area contributed by atoms with Gasteiger partial charge in [0.25, 0.3) is 5.89 Å². The highest BCUT2D eigenvalue weighted by atomic mass is 19.4. The molecule has 0 radical (unpaired) electrons. The number of fused-ring (bicyclic) bond motifs is 1. The van der Waals surface area contributed by atoms with Crippen LogP contribution >= 0.6 is 0 Å². The second kappa shape index (κ2) is 7.58. The first-order valence-electron chi connectivity index (χ1n) is 10.0. The first-order valence-corrected chi connectivity index (χ1v) is 10.0. The molecule has 0 unspecified atom stereocenters. The summed E-state index contributed by atoms with van der Waals surface area (Å²) in [7, 11) is 0. The molecule has 174 valence electrons. The normalized spacial score (nSPS) is 14.5. The van der Waals surface area contributed by atoms with E-state index in [1.54, 1.807) is 4.57 Å². The molecule has 5 rings (SSSR count). The summed E-state index contributed by atoms with van der Waals surface area (Å²) in [6, 6.07) is 4.84. The Morgan fingerprint density at radius 1 is 1.06 bits per heavy atom. The minimum Gasteiger partial charge on any atom is -0.337 e. The summed E-state index contributed by atoms with van der Waals surface area (Å²) in [5.74, 6) is -0.0529.